The number of nitrogens with zero attached hydrogens (tertiary/aromatic N) is 2. The van der Waals surface area contributed by atoms with E-state index in [9.17, 15) is 9.59 Å². The van der Waals surface area contributed by atoms with Gasteiger partial charge in [0.25, 0.3) is 11.8 Å². The van der Waals surface area contributed by atoms with Gasteiger partial charge in [0.15, 0.2) is 5.82 Å². The number of anilines is 1. The second-order valence-corrected chi connectivity index (χ2v) is 8.65. The van der Waals surface area contributed by atoms with Crippen LogP contribution in [0.1, 0.15) is 6.92 Å². The highest BCUT2D eigenvalue weighted by atomic mass is 32.1. The van der Waals surface area contributed by atoms with E-state index >= 15 is 0 Å². The molecule has 1 aliphatic rings. The SMILES string of the molecule is COc1ccc(-c2csc3nc(-c4cccs4)nc(NC4=C(C)C(=O)NC4=O)c23)cc1. The standard InChI is InChI=1S/C22H16N4O3S2/c1-11-17(21(28)26-20(11)27)23-19-16-14(12-5-7-13(29-2)8-6-12)10-31-22(16)25-18(24-19)15-4-3-9-30-15/h3-10H,1-2H3,(H2,23,24,25,26,27,28). The van der Waals surface area contributed by atoms with Crippen molar-refractivity contribution >= 4 is 50.5 Å². The lowest BCUT2D eigenvalue weighted by atomic mass is 10.1. The topological polar surface area (TPSA) is 93.2 Å². The molecule has 0 unspecified atom stereocenters. The maximum atomic E-state index is 12.3. The summed E-state index contributed by atoms with van der Waals surface area (Å²) in [6, 6.07) is 11.6. The van der Waals surface area contributed by atoms with Crippen molar-refractivity contribution in [2.24, 2.45) is 0 Å². The molecule has 4 heterocycles. The lowest BCUT2D eigenvalue weighted by Gasteiger charge is -2.11. The predicted molar refractivity (Wildman–Crippen MR) is 122 cm³/mol. The molecule has 4 aromatic rings. The molecule has 0 radical (unpaired) electrons. The number of aromatic nitrogens is 2. The van der Waals surface area contributed by atoms with Crippen LogP contribution in [0.25, 0.3) is 32.0 Å². The van der Waals surface area contributed by atoms with Gasteiger partial charge in [0, 0.05) is 16.5 Å². The van der Waals surface area contributed by atoms with E-state index < -0.39 is 11.8 Å². The van der Waals surface area contributed by atoms with Crippen LogP contribution in [0.2, 0.25) is 0 Å². The summed E-state index contributed by atoms with van der Waals surface area (Å²) < 4.78 is 5.26. The normalized spacial score (nSPS) is 13.7. The molecule has 31 heavy (non-hydrogen) atoms. The summed E-state index contributed by atoms with van der Waals surface area (Å²) in [5.74, 6) is 0.945. The monoisotopic (exact) mass is 448 g/mol. The molecular formula is C22H16N4O3S2. The van der Waals surface area contributed by atoms with E-state index in [1.165, 1.54) is 22.7 Å². The van der Waals surface area contributed by atoms with Gasteiger partial charge in [-0.1, -0.05) is 18.2 Å². The minimum Gasteiger partial charge on any atom is -0.497 e. The van der Waals surface area contributed by atoms with Crippen LogP contribution >= 0.6 is 22.7 Å². The molecule has 0 bridgehead atoms. The summed E-state index contributed by atoms with van der Waals surface area (Å²) >= 11 is 3.04. The average Bonchev–Trinajstić information content (AvgIpc) is 3.51. The number of amides is 2. The van der Waals surface area contributed by atoms with Crippen molar-refractivity contribution in [1.29, 1.82) is 0 Å². The molecular weight excluding hydrogens is 432 g/mol. The average molecular weight is 449 g/mol. The Bertz CT molecular complexity index is 1360. The van der Waals surface area contributed by atoms with E-state index in [-0.39, 0.29) is 5.70 Å². The number of imide groups is 1. The highest BCUT2D eigenvalue weighted by Gasteiger charge is 2.28. The van der Waals surface area contributed by atoms with Gasteiger partial charge in [0.1, 0.15) is 22.1 Å². The van der Waals surface area contributed by atoms with Crippen molar-refractivity contribution in [2.75, 3.05) is 12.4 Å². The number of ether oxygens (including phenoxy) is 1. The fourth-order valence-electron chi connectivity index (χ4n) is 3.34. The first kappa shape index (κ1) is 19.4. The molecule has 0 saturated carbocycles. The molecule has 3 aromatic heterocycles. The Hall–Kier alpha value is -3.56. The Balaban J connectivity index is 1.70. The number of nitrogens with one attached hydrogen (secondary N) is 2. The number of methoxy groups -OCH3 is 1. The number of rotatable bonds is 5. The van der Waals surface area contributed by atoms with Crippen molar-refractivity contribution in [3.05, 3.63) is 58.4 Å². The molecule has 5 rings (SSSR count). The van der Waals surface area contributed by atoms with Crippen molar-refractivity contribution in [2.45, 2.75) is 6.92 Å². The minimum absolute atomic E-state index is 0.203. The van der Waals surface area contributed by atoms with Crippen LogP contribution in [0.3, 0.4) is 0 Å². The minimum atomic E-state index is -0.465. The van der Waals surface area contributed by atoms with Gasteiger partial charge >= 0.3 is 0 Å². The molecule has 2 N–H and O–H groups in total. The number of benzene rings is 1. The summed E-state index contributed by atoms with van der Waals surface area (Å²) in [6.07, 6.45) is 0. The van der Waals surface area contributed by atoms with E-state index in [4.69, 9.17) is 14.7 Å². The van der Waals surface area contributed by atoms with Gasteiger partial charge in [-0.2, -0.15) is 0 Å². The fraction of sp³-hybridized carbons (Fsp3) is 0.0909. The third-order valence-corrected chi connectivity index (χ3v) is 6.73. The first-order valence-electron chi connectivity index (χ1n) is 9.36. The maximum absolute atomic E-state index is 12.3. The Morgan fingerprint density at radius 2 is 1.84 bits per heavy atom. The summed E-state index contributed by atoms with van der Waals surface area (Å²) in [6.45, 7) is 1.61. The van der Waals surface area contributed by atoms with E-state index in [0.29, 0.717) is 17.2 Å². The molecule has 0 saturated heterocycles. The largest absolute Gasteiger partial charge is 0.497 e. The predicted octanol–water partition coefficient (Wildman–Crippen LogP) is 4.44. The van der Waals surface area contributed by atoms with Crippen molar-refractivity contribution in [1.82, 2.24) is 15.3 Å². The number of hydrogen-bond donors (Lipinski definition) is 2. The van der Waals surface area contributed by atoms with Crippen molar-refractivity contribution in [3.63, 3.8) is 0 Å². The van der Waals surface area contributed by atoms with Gasteiger partial charge in [-0.15, -0.1) is 22.7 Å². The van der Waals surface area contributed by atoms with Crippen molar-refractivity contribution in [3.8, 4) is 27.6 Å². The molecule has 1 aliphatic heterocycles. The van der Waals surface area contributed by atoms with Crippen LogP contribution in [0.4, 0.5) is 5.82 Å². The van der Waals surface area contributed by atoms with Gasteiger partial charge < -0.3 is 10.1 Å². The number of carbonyl (C=O) groups excluding carboxylic acids is 2. The van der Waals surface area contributed by atoms with E-state index in [1.54, 1.807) is 14.0 Å². The zero-order valence-corrected chi connectivity index (χ0v) is 18.2. The summed E-state index contributed by atoms with van der Waals surface area (Å²) in [4.78, 5) is 35.4. The van der Waals surface area contributed by atoms with E-state index in [0.717, 1.165) is 32.0 Å². The molecule has 9 heteroatoms. The second kappa shape index (κ2) is 7.60. The lowest BCUT2D eigenvalue weighted by molar-refractivity contribution is -0.124. The van der Waals surface area contributed by atoms with Gasteiger partial charge in [0.05, 0.1) is 17.4 Å². The van der Waals surface area contributed by atoms with Crippen LogP contribution < -0.4 is 15.4 Å². The molecule has 0 spiro atoms. The first-order valence-corrected chi connectivity index (χ1v) is 11.1. The van der Waals surface area contributed by atoms with Gasteiger partial charge in [-0.25, -0.2) is 9.97 Å². The van der Waals surface area contributed by atoms with Crippen LogP contribution in [-0.4, -0.2) is 28.9 Å². The highest BCUT2D eigenvalue weighted by molar-refractivity contribution is 7.17. The third-order valence-electron chi connectivity index (χ3n) is 4.99. The van der Waals surface area contributed by atoms with E-state index in [2.05, 4.69) is 10.6 Å². The molecule has 0 fully saturated rings. The maximum Gasteiger partial charge on any atom is 0.275 e. The zero-order chi connectivity index (χ0) is 21.5. The Morgan fingerprint density at radius 3 is 2.48 bits per heavy atom. The van der Waals surface area contributed by atoms with Gasteiger partial charge in [-0.3, -0.25) is 14.9 Å². The molecule has 1 aromatic carbocycles. The number of thiophene rings is 2. The highest BCUT2D eigenvalue weighted by Crippen LogP contribution is 2.39. The van der Waals surface area contributed by atoms with Crippen LogP contribution in [0.15, 0.2) is 58.4 Å². The zero-order valence-electron chi connectivity index (χ0n) is 16.6. The number of hydrogen-bond acceptors (Lipinski definition) is 8. The fourth-order valence-corrected chi connectivity index (χ4v) is 4.95. The summed E-state index contributed by atoms with van der Waals surface area (Å²) in [7, 11) is 1.63. The van der Waals surface area contributed by atoms with Crippen LogP contribution in [-0.2, 0) is 9.59 Å². The molecule has 0 atom stereocenters. The van der Waals surface area contributed by atoms with Crippen molar-refractivity contribution < 1.29 is 14.3 Å². The number of fused-ring (bicyclic) bond motifs is 1. The smallest absolute Gasteiger partial charge is 0.275 e. The Kier molecular flexibility index (Phi) is 4.76. The first-order chi connectivity index (χ1) is 15.0. The molecule has 2 amide bonds. The molecule has 154 valence electrons. The lowest BCUT2D eigenvalue weighted by Crippen LogP contribution is -2.24. The Morgan fingerprint density at radius 1 is 1.03 bits per heavy atom. The Labute approximate surface area is 185 Å². The van der Waals surface area contributed by atoms with E-state index in [1.807, 2.05) is 47.2 Å². The van der Waals surface area contributed by atoms with Crippen LogP contribution in [0, 0.1) is 0 Å². The molecule has 7 nitrogen and oxygen atoms in total. The second-order valence-electron chi connectivity index (χ2n) is 6.84. The van der Waals surface area contributed by atoms with Gasteiger partial charge in [-0.05, 0) is 36.1 Å². The summed E-state index contributed by atoms with van der Waals surface area (Å²) in [5.41, 5.74) is 2.44. The van der Waals surface area contributed by atoms with Gasteiger partial charge in [0.2, 0.25) is 0 Å². The van der Waals surface area contributed by atoms with Crippen LogP contribution in [0.5, 0.6) is 5.75 Å². The number of carbonyl (C=O) groups is 2. The quantitative estimate of drug-likeness (QED) is 0.439. The molecule has 0 aliphatic carbocycles. The third kappa shape index (κ3) is 3.37. The summed E-state index contributed by atoms with van der Waals surface area (Å²) in [5, 5.41) is 10.2.